The molecule has 0 aliphatic carbocycles. The first-order valence-electron chi connectivity index (χ1n) is 10.2. The van der Waals surface area contributed by atoms with Crippen LogP contribution in [0.5, 0.6) is 0 Å². The van der Waals surface area contributed by atoms with Gasteiger partial charge in [-0.1, -0.05) is 12.1 Å². The molecule has 0 saturated carbocycles. The molecule has 2 aliphatic heterocycles. The fourth-order valence-corrected chi connectivity index (χ4v) is 4.24. The average molecular weight is 379 g/mol. The molecule has 0 atom stereocenters. The van der Waals surface area contributed by atoms with Gasteiger partial charge in [0.1, 0.15) is 0 Å². The Balaban J connectivity index is 1.49. The lowest BCUT2D eigenvalue weighted by Crippen LogP contribution is -2.53. The summed E-state index contributed by atoms with van der Waals surface area (Å²) in [6.45, 7) is 12.7. The Kier molecular flexibility index (Phi) is 5.02. The summed E-state index contributed by atoms with van der Waals surface area (Å²) >= 11 is 0. The summed E-state index contributed by atoms with van der Waals surface area (Å²) in [5, 5.41) is 0. The maximum atomic E-state index is 11.4. The van der Waals surface area contributed by atoms with Gasteiger partial charge in [-0.3, -0.25) is 9.69 Å². The summed E-state index contributed by atoms with van der Waals surface area (Å²) in [6.07, 6.45) is 0.927. The Morgan fingerprint density at radius 1 is 0.750 bits per heavy atom. The van der Waals surface area contributed by atoms with Crippen LogP contribution in [0.2, 0.25) is 0 Å². The Bertz CT molecular complexity index is 819. The maximum Gasteiger partial charge on any atom is 0.214 e. The molecule has 5 heteroatoms. The zero-order valence-electron chi connectivity index (χ0n) is 17.1. The molecule has 0 bridgehead atoms. The van der Waals surface area contributed by atoms with Crippen LogP contribution in [-0.4, -0.2) is 56.1 Å². The van der Waals surface area contributed by atoms with Gasteiger partial charge in [0, 0.05) is 56.2 Å². The highest BCUT2D eigenvalue weighted by atomic mass is 16.1. The van der Waals surface area contributed by atoms with Gasteiger partial charge in [-0.2, -0.15) is 0 Å². The second-order valence-corrected chi connectivity index (χ2v) is 8.60. The molecule has 2 heterocycles. The number of rotatable bonds is 3. The van der Waals surface area contributed by atoms with E-state index in [-0.39, 0.29) is 5.54 Å². The average Bonchev–Trinajstić information content (AvgIpc) is 2.72. The lowest BCUT2D eigenvalue weighted by molar-refractivity contribution is -0.107. The highest BCUT2D eigenvalue weighted by Crippen LogP contribution is 2.37. The van der Waals surface area contributed by atoms with Crippen molar-refractivity contribution in [1.82, 2.24) is 4.90 Å². The Morgan fingerprint density at radius 3 is 1.96 bits per heavy atom. The number of anilines is 4. The zero-order chi connectivity index (χ0) is 19.7. The van der Waals surface area contributed by atoms with Gasteiger partial charge in [-0.25, -0.2) is 0 Å². The molecule has 2 aromatic rings. The fraction of sp³-hybridized carbons (Fsp3) is 0.435. The molecule has 2 aliphatic rings. The van der Waals surface area contributed by atoms with Gasteiger partial charge in [0.15, 0.2) is 0 Å². The van der Waals surface area contributed by atoms with Crippen LogP contribution in [-0.2, 0) is 4.79 Å². The molecule has 1 saturated heterocycles. The third-order valence-electron chi connectivity index (χ3n) is 5.93. The predicted octanol–water partition coefficient (Wildman–Crippen LogP) is 3.72. The van der Waals surface area contributed by atoms with E-state index in [1.807, 2.05) is 18.2 Å². The van der Waals surface area contributed by atoms with Crippen molar-refractivity contribution in [3.8, 4) is 0 Å². The van der Waals surface area contributed by atoms with Gasteiger partial charge in [0.05, 0.1) is 11.4 Å². The second kappa shape index (κ2) is 7.47. The summed E-state index contributed by atoms with van der Waals surface area (Å²) in [5.74, 6) is 0. The van der Waals surface area contributed by atoms with E-state index in [0.717, 1.165) is 50.5 Å². The van der Waals surface area contributed by atoms with Crippen molar-refractivity contribution < 1.29 is 4.79 Å². The minimum atomic E-state index is 0.243. The first-order chi connectivity index (χ1) is 13.5. The number of hydrogen-bond donors (Lipinski definition) is 0. The zero-order valence-corrected chi connectivity index (χ0v) is 17.1. The van der Waals surface area contributed by atoms with Crippen LogP contribution in [0.25, 0.3) is 0 Å². The predicted molar refractivity (Wildman–Crippen MR) is 117 cm³/mol. The Hall–Kier alpha value is -2.53. The van der Waals surface area contributed by atoms with Crippen LogP contribution >= 0.6 is 0 Å². The smallest absolute Gasteiger partial charge is 0.214 e. The lowest BCUT2D eigenvalue weighted by atomic mass is 10.0. The molecule has 0 aromatic heterocycles. The van der Waals surface area contributed by atoms with E-state index in [9.17, 15) is 4.79 Å². The molecular formula is C23H30N4O. The number of piperazine rings is 1. The summed E-state index contributed by atoms with van der Waals surface area (Å²) in [6, 6.07) is 17.0. The Morgan fingerprint density at radius 2 is 1.36 bits per heavy atom. The molecule has 5 nitrogen and oxygen atoms in total. The van der Waals surface area contributed by atoms with Crippen molar-refractivity contribution in [2.45, 2.75) is 26.3 Å². The summed E-state index contributed by atoms with van der Waals surface area (Å²) in [5.41, 5.74) is 4.78. The van der Waals surface area contributed by atoms with Crippen molar-refractivity contribution in [2.75, 3.05) is 54.0 Å². The summed E-state index contributed by atoms with van der Waals surface area (Å²) in [7, 11) is 0. The molecule has 1 fully saturated rings. The number of carbonyl (C=O) groups excluding carboxylic acids is 1. The van der Waals surface area contributed by atoms with Gasteiger partial charge in [-0.05, 0) is 57.2 Å². The molecule has 0 N–H and O–H groups in total. The van der Waals surface area contributed by atoms with Crippen LogP contribution in [0.3, 0.4) is 0 Å². The van der Waals surface area contributed by atoms with E-state index in [4.69, 9.17) is 0 Å². The van der Waals surface area contributed by atoms with E-state index in [1.54, 1.807) is 4.90 Å². The normalized spacial score (nSPS) is 18.2. The number of fused-ring (bicyclic) bond motifs is 1. The van der Waals surface area contributed by atoms with E-state index in [1.165, 1.54) is 11.4 Å². The molecular weight excluding hydrogens is 348 g/mol. The van der Waals surface area contributed by atoms with E-state index < -0.39 is 0 Å². The third-order valence-corrected chi connectivity index (χ3v) is 5.93. The standard InChI is InChI=1S/C23H30N4O/c1-23(2,3)26-15-12-24(13-16-26)19-8-10-20(11-9-19)27-17-14-25(18-28)21-6-4-5-7-22(21)27/h4-11,18H,12-17H2,1-3H3. The van der Waals surface area contributed by atoms with E-state index >= 15 is 0 Å². The molecule has 28 heavy (non-hydrogen) atoms. The third kappa shape index (κ3) is 3.59. The molecule has 1 amide bonds. The molecule has 148 valence electrons. The first-order valence-corrected chi connectivity index (χ1v) is 10.2. The van der Waals surface area contributed by atoms with Crippen LogP contribution < -0.4 is 14.7 Å². The molecule has 2 aromatic carbocycles. The summed E-state index contributed by atoms with van der Waals surface area (Å²) < 4.78 is 0. The van der Waals surface area contributed by atoms with Crippen LogP contribution in [0.1, 0.15) is 20.8 Å². The molecule has 0 radical (unpaired) electrons. The number of carbonyl (C=O) groups is 1. The minimum Gasteiger partial charge on any atom is -0.369 e. The van der Waals surface area contributed by atoms with Crippen LogP contribution in [0.4, 0.5) is 22.7 Å². The lowest BCUT2D eigenvalue weighted by Gasteiger charge is -2.43. The van der Waals surface area contributed by atoms with Crippen LogP contribution in [0, 0.1) is 0 Å². The van der Waals surface area contributed by atoms with Crippen molar-refractivity contribution in [3.63, 3.8) is 0 Å². The number of para-hydroxylation sites is 2. The number of amides is 1. The highest BCUT2D eigenvalue weighted by molar-refractivity contribution is 5.88. The van der Waals surface area contributed by atoms with Crippen molar-refractivity contribution in [2.24, 2.45) is 0 Å². The van der Waals surface area contributed by atoms with Gasteiger partial charge in [0.25, 0.3) is 0 Å². The van der Waals surface area contributed by atoms with E-state index in [0.29, 0.717) is 6.54 Å². The van der Waals surface area contributed by atoms with Gasteiger partial charge >= 0.3 is 0 Å². The largest absolute Gasteiger partial charge is 0.369 e. The van der Waals surface area contributed by atoms with Crippen LogP contribution in [0.15, 0.2) is 48.5 Å². The topological polar surface area (TPSA) is 30.0 Å². The SMILES string of the molecule is CC(C)(C)N1CCN(c2ccc(N3CCN(C=O)c4ccccc43)cc2)CC1. The quantitative estimate of drug-likeness (QED) is 0.762. The summed E-state index contributed by atoms with van der Waals surface area (Å²) in [4.78, 5) is 20.5. The van der Waals surface area contributed by atoms with E-state index in [2.05, 4.69) is 65.8 Å². The number of nitrogens with zero attached hydrogens (tertiary/aromatic N) is 4. The molecule has 4 rings (SSSR count). The first kappa shape index (κ1) is 18.8. The van der Waals surface area contributed by atoms with Crippen molar-refractivity contribution in [3.05, 3.63) is 48.5 Å². The van der Waals surface area contributed by atoms with Crippen molar-refractivity contribution in [1.29, 1.82) is 0 Å². The van der Waals surface area contributed by atoms with Gasteiger partial charge in [0.2, 0.25) is 6.41 Å². The van der Waals surface area contributed by atoms with Crippen molar-refractivity contribution >= 4 is 29.2 Å². The fourth-order valence-electron chi connectivity index (χ4n) is 4.24. The highest BCUT2D eigenvalue weighted by Gasteiger charge is 2.26. The molecule has 0 spiro atoms. The monoisotopic (exact) mass is 378 g/mol. The molecule has 0 unspecified atom stereocenters. The minimum absolute atomic E-state index is 0.243. The maximum absolute atomic E-state index is 11.4. The van der Waals surface area contributed by atoms with Gasteiger partial charge < -0.3 is 14.7 Å². The number of hydrogen-bond acceptors (Lipinski definition) is 4. The van der Waals surface area contributed by atoms with Gasteiger partial charge in [-0.15, -0.1) is 0 Å². The second-order valence-electron chi connectivity index (χ2n) is 8.60. The number of benzene rings is 2. The Labute approximate surface area is 168 Å².